The monoisotopic (exact) mass is 277 g/mol. The highest BCUT2D eigenvalue weighted by atomic mass is 79.9. The van der Waals surface area contributed by atoms with Gasteiger partial charge in [0.25, 0.3) is 0 Å². The van der Waals surface area contributed by atoms with E-state index in [9.17, 15) is 0 Å². The molecule has 0 aliphatic heterocycles. The molecule has 1 heterocycles. The number of nitrogens with zero attached hydrogens (tertiary/aromatic N) is 1. The van der Waals surface area contributed by atoms with Crippen LogP contribution in [-0.2, 0) is 5.54 Å². The molecule has 1 fully saturated rings. The minimum absolute atomic E-state index is 0.143. The SMILES string of the molecule is NC1(c2cn[nH]c2-c2ccc(Br)cc2)CC1. The van der Waals surface area contributed by atoms with Crippen molar-refractivity contribution in [3.8, 4) is 11.3 Å². The largest absolute Gasteiger partial charge is 0.321 e. The van der Waals surface area contributed by atoms with Crippen molar-refractivity contribution in [3.05, 3.63) is 40.5 Å². The molecule has 3 rings (SSSR count). The number of aromatic amines is 1. The van der Waals surface area contributed by atoms with Crippen LogP contribution in [0, 0.1) is 0 Å². The molecule has 4 heteroatoms. The van der Waals surface area contributed by atoms with Gasteiger partial charge in [-0.3, -0.25) is 5.10 Å². The van der Waals surface area contributed by atoms with Gasteiger partial charge in [0, 0.05) is 15.6 Å². The summed E-state index contributed by atoms with van der Waals surface area (Å²) in [4.78, 5) is 0. The molecule has 16 heavy (non-hydrogen) atoms. The highest BCUT2D eigenvalue weighted by molar-refractivity contribution is 9.10. The maximum Gasteiger partial charge on any atom is 0.0700 e. The number of H-pyrrole nitrogens is 1. The summed E-state index contributed by atoms with van der Waals surface area (Å²) in [6.45, 7) is 0. The molecule has 0 atom stereocenters. The van der Waals surface area contributed by atoms with E-state index in [4.69, 9.17) is 5.73 Å². The standard InChI is InChI=1S/C12H12BrN3/c13-9-3-1-8(2-4-9)11-10(7-15-16-11)12(14)5-6-12/h1-4,7H,5-6,14H2,(H,15,16). The van der Waals surface area contributed by atoms with Crippen molar-refractivity contribution in [2.45, 2.75) is 18.4 Å². The van der Waals surface area contributed by atoms with Gasteiger partial charge in [-0.25, -0.2) is 0 Å². The number of hydrogen-bond acceptors (Lipinski definition) is 2. The zero-order valence-electron chi connectivity index (χ0n) is 8.70. The number of halogens is 1. The molecule has 0 unspecified atom stereocenters. The van der Waals surface area contributed by atoms with Crippen LogP contribution >= 0.6 is 15.9 Å². The first kappa shape index (κ1) is 10.1. The van der Waals surface area contributed by atoms with E-state index in [2.05, 4.69) is 38.3 Å². The molecule has 1 aliphatic rings. The fourth-order valence-electron chi connectivity index (χ4n) is 1.90. The Morgan fingerprint density at radius 3 is 2.56 bits per heavy atom. The maximum atomic E-state index is 6.21. The lowest BCUT2D eigenvalue weighted by atomic mass is 10.0. The predicted molar refractivity (Wildman–Crippen MR) is 66.8 cm³/mol. The fourth-order valence-corrected chi connectivity index (χ4v) is 2.17. The van der Waals surface area contributed by atoms with Crippen LogP contribution in [-0.4, -0.2) is 10.2 Å². The number of nitrogens with one attached hydrogen (secondary N) is 1. The molecule has 0 spiro atoms. The Bertz CT molecular complexity index is 511. The van der Waals surface area contributed by atoms with Gasteiger partial charge in [0.2, 0.25) is 0 Å². The van der Waals surface area contributed by atoms with Crippen molar-refractivity contribution in [3.63, 3.8) is 0 Å². The maximum absolute atomic E-state index is 6.21. The Balaban J connectivity index is 2.06. The molecule has 3 N–H and O–H groups in total. The summed E-state index contributed by atoms with van der Waals surface area (Å²) in [7, 11) is 0. The number of rotatable bonds is 2. The molecule has 0 bridgehead atoms. The minimum Gasteiger partial charge on any atom is -0.321 e. The minimum atomic E-state index is -0.143. The van der Waals surface area contributed by atoms with Crippen molar-refractivity contribution < 1.29 is 0 Å². The third-order valence-corrected chi connectivity index (χ3v) is 3.63. The van der Waals surface area contributed by atoms with Gasteiger partial charge >= 0.3 is 0 Å². The van der Waals surface area contributed by atoms with Crippen molar-refractivity contribution in [2.75, 3.05) is 0 Å². The van der Waals surface area contributed by atoms with Gasteiger partial charge in [-0.15, -0.1) is 0 Å². The van der Waals surface area contributed by atoms with Gasteiger partial charge in [-0.2, -0.15) is 5.10 Å². The summed E-state index contributed by atoms with van der Waals surface area (Å²) in [5, 5.41) is 7.15. The van der Waals surface area contributed by atoms with E-state index in [1.54, 1.807) is 0 Å². The molecule has 1 aliphatic carbocycles. The highest BCUT2D eigenvalue weighted by Crippen LogP contribution is 2.45. The zero-order chi connectivity index (χ0) is 11.2. The number of hydrogen-bond donors (Lipinski definition) is 2. The van der Waals surface area contributed by atoms with Gasteiger partial charge in [-0.05, 0) is 30.5 Å². The number of nitrogens with two attached hydrogens (primary N) is 1. The third-order valence-electron chi connectivity index (χ3n) is 3.10. The number of benzene rings is 1. The highest BCUT2D eigenvalue weighted by Gasteiger charge is 2.42. The van der Waals surface area contributed by atoms with E-state index in [0.29, 0.717) is 0 Å². The Kier molecular flexibility index (Phi) is 2.16. The second-order valence-electron chi connectivity index (χ2n) is 4.32. The average molecular weight is 278 g/mol. The summed E-state index contributed by atoms with van der Waals surface area (Å²) in [5.74, 6) is 0. The van der Waals surface area contributed by atoms with Crippen molar-refractivity contribution in [1.82, 2.24) is 10.2 Å². The first-order valence-corrected chi connectivity index (χ1v) is 6.07. The Labute approximate surface area is 102 Å². The summed E-state index contributed by atoms with van der Waals surface area (Å²) in [5.41, 5.74) is 9.38. The van der Waals surface area contributed by atoms with Crippen LogP contribution in [0.4, 0.5) is 0 Å². The molecule has 0 saturated heterocycles. The van der Waals surface area contributed by atoms with E-state index < -0.39 is 0 Å². The van der Waals surface area contributed by atoms with E-state index in [-0.39, 0.29) is 5.54 Å². The van der Waals surface area contributed by atoms with Crippen molar-refractivity contribution in [2.24, 2.45) is 5.73 Å². The lowest BCUT2D eigenvalue weighted by Crippen LogP contribution is -2.18. The molecule has 0 radical (unpaired) electrons. The smallest absolute Gasteiger partial charge is 0.0700 e. The van der Waals surface area contributed by atoms with Crippen LogP contribution in [0.25, 0.3) is 11.3 Å². The summed E-state index contributed by atoms with van der Waals surface area (Å²) in [6.07, 6.45) is 3.95. The van der Waals surface area contributed by atoms with Crippen LogP contribution in [0.15, 0.2) is 34.9 Å². The topological polar surface area (TPSA) is 54.7 Å². The first-order valence-electron chi connectivity index (χ1n) is 5.28. The Morgan fingerprint density at radius 2 is 1.94 bits per heavy atom. The molecule has 1 saturated carbocycles. The van der Waals surface area contributed by atoms with Crippen molar-refractivity contribution >= 4 is 15.9 Å². The quantitative estimate of drug-likeness (QED) is 0.887. The van der Waals surface area contributed by atoms with E-state index >= 15 is 0 Å². The van der Waals surface area contributed by atoms with Crippen LogP contribution in [0.2, 0.25) is 0 Å². The zero-order valence-corrected chi connectivity index (χ0v) is 10.3. The lowest BCUT2D eigenvalue weighted by molar-refractivity contribution is 0.743. The van der Waals surface area contributed by atoms with Gasteiger partial charge in [-0.1, -0.05) is 28.1 Å². The predicted octanol–water partition coefficient (Wildman–Crippen LogP) is 2.79. The van der Waals surface area contributed by atoms with E-state index in [1.807, 2.05) is 18.3 Å². The Hall–Kier alpha value is -1.13. The van der Waals surface area contributed by atoms with Gasteiger partial charge in [0.1, 0.15) is 0 Å². The molecule has 0 amide bonds. The normalized spacial score (nSPS) is 17.4. The lowest BCUT2D eigenvalue weighted by Gasteiger charge is -2.09. The molecular formula is C12H12BrN3. The van der Waals surface area contributed by atoms with Gasteiger partial charge in [0.05, 0.1) is 11.9 Å². The van der Waals surface area contributed by atoms with Crippen molar-refractivity contribution in [1.29, 1.82) is 0 Å². The second-order valence-corrected chi connectivity index (χ2v) is 5.24. The third kappa shape index (κ3) is 1.58. The summed E-state index contributed by atoms with van der Waals surface area (Å²) >= 11 is 3.43. The van der Waals surface area contributed by atoms with Gasteiger partial charge < -0.3 is 5.73 Å². The van der Waals surface area contributed by atoms with Crippen LogP contribution < -0.4 is 5.73 Å². The molecule has 1 aromatic carbocycles. The molecule has 1 aromatic heterocycles. The first-order chi connectivity index (χ1) is 7.69. The van der Waals surface area contributed by atoms with Gasteiger partial charge in [0.15, 0.2) is 0 Å². The fraction of sp³-hybridized carbons (Fsp3) is 0.250. The second kappa shape index (κ2) is 3.43. The molecular weight excluding hydrogens is 266 g/mol. The van der Waals surface area contributed by atoms with E-state index in [0.717, 1.165) is 34.1 Å². The Morgan fingerprint density at radius 1 is 1.25 bits per heavy atom. The molecule has 82 valence electrons. The summed E-state index contributed by atoms with van der Waals surface area (Å²) in [6, 6.07) is 8.17. The average Bonchev–Trinajstić information content (AvgIpc) is 2.84. The molecule has 3 nitrogen and oxygen atoms in total. The van der Waals surface area contributed by atoms with Crippen LogP contribution in [0.5, 0.6) is 0 Å². The number of aromatic nitrogens is 2. The molecule has 2 aromatic rings. The van der Waals surface area contributed by atoms with E-state index in [1.165, 1.54) is 0 Å². The van der Waals surface area contributed by atoms with Crippen LogP contribution in [0.1, 0.15) is 18.4 Å². The summed E-state index contributed by atoms with van der Waals surface area (Å²) < 4.78 is 1.08. The van der Waals surface area contributed by atoms with Crippen LogP contribution in [0.3, 0.4) is 0 Å².